The van der Waals surface area contributed by atoms with Gasteiger partial charge in [-0.25, -0.2) is 0 Å². The van der Waals surface area contributed by atoms with Crippen LogP contribution < -0.4 is 0 Å². The lowest BCUT2D eigenvalue weighted by Crippen LogP contribution is -2.41. The van der Waals surface area contributed by atoms with E-state index in [1.165, 1.54) is 11.1 Å². The summed E-state index contributed by atoms with van der Waals surface area (Å²) in [5.74, 6) is 0.0939. The van der Waals surface area contributed by atoms with E-state index in [0.717, 1.165) is 53.7 Å². The molecule has 1 aliphatic rings. The number of hydrogen-bond donors (Lipinski definition) is 1. The molecule has 0 saturated carbocycles. The number of ether oxygens (including phenoxy) is 1. The molecule has 0 radical (unpaired) electrons. The summed E-state index contributed by atoms with van der Waals surface area (Å²) in [5, 5.41) is 1.15. The highest BCUT2D eigenvalue weighted by atomic mass is 16.5. The maximum atomic E-state index is 13.1. The third kappa shape index (κ3) is 3.67. The Bertz CT molecular complexity index is 986. The van der Waals surface area contributed by atoms with E-state index in [1.807, 2.05) is 30.2 Å². The molecular weight excluding hydrogens is 350 g/mol. The smallest absolute Gasteiger partial charge is 0.270 e. The third-order valence-electron chi connectivity index (χ3n) is 5.66. The van der Waals surface area contributed by atoms with E-state index in [9.17, 15) is 4.79 Å². The summed E-state index contributed by atoms with van der Waals surface area (Å²) in [4.78, 5) is 22.6. The van der Waals surface area contributed by atoms with Crippen LogP contribution in [0.3, 0.4) is 0 Å². The first kappa shape index (κ1) is 18.7. The number of fused-ring (bicyclic) bond motifs is 1. The Hall–Kier alpha value is -2.66. The van der Waals surface area contributed by atoms with Crippen molar-refractivity contribution in [1.82, 2.24) is 14.9 Å². The summed E-state index contributed by atoms with van der Waals surface area (Å²) in [5.41, 5.74) is 6.32. The van der Waals surface area contributed by atoms with Gasteiger partial charge in [-0.05, 0) is 62.4 Å². The topological polar surface area (TPSA) is 58.2 Å². The summed E-state index contributed by atoms with van der Waals surface area (Å²) in [6, 6.07) is 8.25. The molecule has 1 amide bonds. The van der Waals surface area contributed by atoms with Gasteiger partial charge in [-0.3, -0.25) is 9.78 Å². The van der Waals surface area contributed by atoms with Crippen LogP contribution in [-0.2, 0) is 11.3 Å². The quantitative estimate of drug-likeness (QED) is 0.737. The van der Waals surface area contributed by atoms with Crippen molar-refractivity contribution in [1.29, 1.82) is 0 Å². The van der Waals surface area contributed by atoms with Gasteiger partial charge in [0.15, 0.2) is 0 Å². The number of H-pyrrole nitrogens is 1. The normalized spacial score (nSPS) is 15.3. The Morgan fingerprint density at radius 3 is 2.75 bits per heavy atom. The number of benzene rings is 1. The van der Waals surface area contributed by atoms with Crippen molar-refractivity contribution in [2.24, 2.45) is 0 Å². The summed E-state index contributed by atoms with van der Waals surface area (Å²) >= 11 is 0. The average Bonchev–Trinajstić information content (AvgIpc) is 3.04. The van der Waals surface area contributed by atoms with Crippen LogP contribution in [-0.4, -0.2) is 40.0 Å². The van der Waals surface area contributed by atoms with E-state index in [-0.39, 0.29) is 12.0 Å². The lowest BCUT2D eigenvalue weighted by Gasteiger charge is -2.32. The highest BCUT2D eigenvalue weighted by Gasteiger charge is 2.26. The molecule has 2 aromatic heterocycles. The van der Waals surface area contributed by atoms with Crippen molar-refractivity contribution in [2.75, 3.05) is 13.1 Å². The predicted octanol–water partition coefficient (Wildman–Crippen LogP) is 4.31. The van der Waals surface area contributed by atoms with Crippen LogP contribution in [0.1, 0.15) is 45.6 Å². The van der Waals surface area contributed by atoms with E-state index in [1.54, 1.807) is 6.20 Å². The second kappa shape index (κ2) is 7.76. The van der Waals surface area contributed by atoms with Crippen LogP contribution in [0.5, 0.6) is 0 Å². The number of aryl methyl sites for hydroxylation is 3. The molecule has 5 heteroatoms. The Labute approximate surface area is 165 Å². The number of aromatic amines is 1. The number of carbonyl (C=O) groups is 1. The lowest BCUT2D eigenvalue weighted by atomic mass is 10.0. The molecule has 0 atom stereocenters. The summed E-state index contributed by atoms with van der Waals surface area (Å²) < 4.78 is 6.02. The SMILES string of the molecule is Cc1cc(C)c2[nH]c(C(=O)N3CCC(OCc4cccnc4)CC3)c(C)c2c1. The first-order valence-corrected chi connectivity index (χ1v) is 9.92. The number of rotatable bonds is 4. The van der Waals surface area contributed by atoms with Gasteiger partial charge in [-0.2, -0.15) is 0 Å². The lowest BCUT2D eigenvalue weighted by molar-refractivity contribution is -0.000591. The molecule has 1 N–H and O–H groups in total. The second-order valence-corrected chi connectivity index (χ2v) is 7.79. The standard InChI is InChI=1S/C23H27N3O2/c1-15-11-16(2)21-20(12-15)17(3)22(25-21)23(27)26-9-6-19(7-10-26)28-14-18-5-4-8-24-13-18/h4-5,8,11-13,19,25H,6-7,9-10,14H2,1-3H3. The van der Waals surface area contributed by atoms with Gasteiger partial charge in [-0.15, -0.1) is 0 Å². The Morgan fingerprint density at radius 1 is 1.25 bits per heavy atom. The zero-order valence-corrected chi connectivity index (χ0v) is 16.8. The number of carbonyl (C=O) groups excluding carboxylic acids is 1. The zero-order chi connectivity index (χ0) is 19.7. The maximum Gasteiger partial charge on any atom is 0.270 e. The van der Waals surface area contributed by atoms with Crippen molar-refractivity contribution < 1.29 is 9.53 Å². The number of likely N-dealkylation sites (tertiary alicyclic amines) is 1. The molecule has 5 nitrogen and oxygen atoms in total. The van der Waals surface area contributed by atoms with Crippen LogP contribution in [0.4, 0.5) is 0 Å². The number of nitrogens with zero attached hydrogens (tertiary/aromatic N) is 2. The predicted molar refractivity (Wildman–Crippen MR) is 110 cm³/mol. The molecular formula is C23H27N3O2. The molecule has 1 saturated heterocycles. The highest BCUT2D eigenvalue weighted by molar-refractivity contribution is 6.01. The number of amides is 1. The van der Waals surface area contributed by atoms with Crippen LogP contribution in [0.25, 0.3) is 10.9 Å². The minimum absolute atomic E-state index is 0.0939. The Balaban J connectivity index is 1.41. The Morgan fingerprint density at radius 2 is 2.04 bits per heavy atom. The van der Waals surface area contributed by atoms with Gasteiger partial charge in [0, 0.05) is 36.4 Å². The van der Waals surface area contributed by atoms with E-state index in [0.29, 0.717) is 6.61 Å². The van der Waals surface area contributed by atoms with Gasteiger partial charge in [0.25, 0.3) is 5.91 Å². The fourth-order valence-electron chi connectivity index (χ4n) is 4.08. The van der Waals surface area contributed by atoms with Gasteiger partial charge in [0.1, 0.15) is 5.69 Å². The molecule has 0 spiro atoms. The van der Waals surface area contributed by atoms with Crippen LogP contribution >= 0.6 is 0 Å². The van der Waals surface area contributed by atoms with Crippen LogP contribution in [0.2, 0.25) is 0 Å². The van der Waals surface area contributed by atoms with Crippen molar-refractivity contribution in [3.63, 3.8) is 0 Å². The number of nitrogens with one attached hydrogen (secondary N) is 1. The minimum atomic E-state index is 0.0939. The fourth-order valence-corrected chi connectivity index (χ4v) is 4.08. The summed E-state index contributed by atoms with van der Waals surface area (Å²) in [7, 11) is 0. The van der Waals surface area contributed by atoms with Gasteiger partial charge in [0.2, 0.25) is 0 Å². The molecule has 1 aromatic carbocycles. The van der Waals surface area contributed by atoms with E-state index in [2.05, 4.69) is 35.9 Å². The first-order chi connectivity index (χ1) is 13.5. The summed E-state index contributed by atoms with van der Waals surface area (Å²) in [6.07, 6.45) is 5.52. The second-order valence-electron chi connectivity index (χ2n) is 7.79. The molecule has 1 aliphatic heterocycles. The fraction of sp³-hybridized carbons (Fsp3) is 0.391. The number of piperidine rings is 1. The van der Waals surface area contributed by atoms with E-state index in [4.69, 9.17) is 4.74 Å². The van der Waals surface area contributed by atoms with Gasteiger partial charge in [0.05, 0.1) is 12.7 Å². The third-order valence-corrected chi connectivity index (χ3v) is 5.66. The number of hydrogen-bond acceptors (Lipinski definition) is 3. The van der Waals surface area contributed by atoms with E-state index >= 15 is 0 Å². The van der Waals surface area contributed by atoms with Crippen molar-refractivity contribution in [3.8, 4) is 0 Å². The Kier molecular flexibility index (Phi) is 5.18. The van der Waals surface area contributed by atoms with E-state index < -0.39 is 0 Å². The molecule has 1 fully saturated rings. The number of pyridine rings is 1. The minimum Gasteiger partial charge on any atom is -0.373 e. The van der Waals surface area contributed by atoms with Gasteiger partial charge >= 0.3 is 0 Å². The first-order valence-electron chi connectivity index (χ1n) is 9.92. The highest BCUT2D eigenvalue weighted by Crippen LogP contribution is 2.27. The molecule has 146 valence electrons. The maximum absolute atomic E-state index is 13.1. The monoisotopic (exact) mass is 377 g/mol. The zero-order valence-electron chi connectivity index (χ0n) is 16.8. The van der Waals surface area contributed by atoms with Crippen molar-refractivity contribution in [2.45, 2.75) is 46.3 Å². The number of aromatic nitrogens is 2. The van der Waals surface area contributed by atoms with Crippen molar-refractivity contribution in [3.05, 3.63) is 64.6 Å². The van der Waals surface area contributed by atoms with Gasteiger partial charge < -0.3 is 14.6 Å². The molecule has 3 heterocycles. The average molecular weight is 377 g/mol. The molecule has 0 unspecified atom stereocenters. The van der Waals surface area contributed by atoms with Crippen LogP contribution in [0, 0.1) is 20.8 Å². The molecule has 3 aromatic rings. The molecule has 28 heavy (non-hydrogen) atoms. The van der Waals surface area contributed by atoms with Crippen LogP contribution in [0.15, 0.2) is 36.7 Å². The molecule has 0 bridgehead atoms. The largest absolute Gasteiger partial charge is 0.373 e. The summed E-state index contributed by atoms with van der Waals surface area (Å²) in [6.45, 7) is 8.24. The molecule has 4 rings (SSSR count). The van der Waals surface area contributed by atoms with Gasteiger partial charge in [-0.1, -0.05) is 17.7 Å². The molecule has 0 aliphatic carbocycles. The van der Waals surface area contributed by atoms with Crippen molar-refractivity contribution >= 4 is 16.8 Å².